The van der Waals surface area contributed by atoms with Crippen LogP contribution in [0.5, 0.6) is 0 Å². The summed E-state index contributed by atoms with van der Waals surface area (Å²) >= 11 is -0.848. The Morgan fingerprint density at radius 1 is 1.38 bits per heavy atom. The first-order valence-corrected chi connectivity index (χ1v) is 14.6. The monoisotopic (exact) mass is 620 g/mol. The fourth-order valence-electron chi connectivity index (χ4n) is 5.41. The van der Waals surface area contributed by atoms with Crippen LogP contribution < -0.4 is 0 Å². The molecule has 0 saturated carbocycles. The summed E-state index contributed by atoms with van der Waals surface area (Å²) in [5, 5.41) is 0. The summed E-state index contributed by atoms with van der Waals surface area (Å²) in [5.74, 6) is -0.571. The van der Waals surface area contributed by atoms with Crippen LogP contribution in [0.1, 0.15) is 49.8 Å². The van der Waals surface area contributed by atoms with Gasteiger partial charge in [-0.25, -0.2) is 8.78 Å². The van der Waals surface area contributed by atoms with Gasteiger partial charge in [0, 0.05) is 36.7 Å². The van der Waals surface area contributed by atoms with Crippen LogP contribution in [-0.4, -0.2) is 62.3 Å². The highest BCUT2D eigenvalue weighted by Crippen LogP contribution is 2.40. The van der Waals surface area contributed by atoms with Crippen molar-refractivity contribution in [2.45, 2.75) is 44.8 Å². The Morgan fingerprint density at radius 3 is 3.05 bits per heavy atom. The lowest BCUT2D eigenvalue weighted by atomic mass is 9.91. The Kier molecular flexibility index (Phi) is 7.92. The SMILES string of the molecule is C=N/C(=C(/F)C1=C(C)I=NC(OCC23CCCN2CCOC3)=N1)c1cccc2c1C(CC)=CC(F)C=C2. The number of halogens is 3. The molecule has 0 N–H and O–H groups in total. The van der Waals surface area contributed by atoms with Gasteiger partial charge in [0.25, 0.3) is 0 Å². The third kappa shape index (κ3) is 5.18. The van der Waals surface area contributed by atoms with Gasteiger partial charge in [0.05, 0.1) is 18.8 Å². The molecule has 0 bridgehead atoms. The fraction of sp³-hybridized carbons (Fsp3) is 0.429. The van der Waals surface area contributed by atoms with Crippen LogP contribution in [0.2, 0.25) is 0 Å². The van der Waals surface area contributed by atoms with E-state index in [4.69, 9.17) is 9.47 Å². The van der Waals surface area contributed by atoms with Crippen molar-refractivity contribution in [1.82, 2.24) is 4.90 Å². The first kappa shape index (κ1) is 26.2. The van der Waals surface area contributed by atoms with E-state index in [1.165, 1.54) is 6.08 Å². The second-order valence-electron chi connectivity index (χ2n) is 9.54. The molecule has 9 heteroatoms. The summed E-state index contributed by atoms with van der Waals surface area (Å²) in [7, 11) is 0. The number of morpholine rings is 1. The molecule has 1 aromatic carbocycles. The van der Waals surface area contributed by atoms with Crippen LogP contribution in [-0.2, 0) is 9.47 Å². The third-order valence-corrected chi connectivity index (χ3v) is 9.20. The normalized spacial score (nSPS) is 26.3. The third-order valence-electron chi connectivity index (χ3n) is 7.31. The number of allylic oxidation sites excluding steroid dienone is 5. The lowest BCUT2D eigenvalue weighted by Crippen LogP contribution is -2.56. The molecule has 2 atom stereocenters. The summed E-state index contributed by atoms with van der Waals surface area (Å²) in [6.07, 6.45) is 6.31. The van der Waals surface area contributed by atoms with Gasteiger partial charge in [-0.05, 0) is 68.3 Å². The highest BCUT2D eigenvalue weighted by molar-refractivity contribution is 14.2. The standard InChI is InChI=1S/C28H31F2IN4O2/c1-4-19-15-21(29)10-9-20-7-5-8-22(23(19)20)26(32-3)24(30)25-18(2)31-34-27(33-25)37-17-28-11-6-12-35(28)13-14-36-16-28/h5,7-10,15,21H,3-4,6,11-14,16-17H2,1-2H3/b26-24+. The fourth-order valence-corrected chi connectivity index (χ4v) is 6.81. The Morgan fingerprint density at radius 2 is 2.24 bits per heavy atom. The highest BCUT2D eigenvalue weighted by atomic mass is 127. The Bertz CT molecular complexity index is 1280. The van der Waals surface area contributed by atoms with E-state index in [0.717, 1.165) is 52.8 Å². The number of amidine groups is 1. The molecule has 2 saturated heterocycles. The second-order valence-corrected chi connectivity index (χ2v) is 12.1. The molecule has 0 radical (unpaired) electrons. The van der Waals surface area contributed by atoms with Gasteiger partial charge in [-0.15, -0.1) is 0 Å². The minimum absolute atomic E-state index is 0.0894. The van der Waals surface area contributed by atoms with Gasteiger partial charge >= 0.3 is 6.02 Å². The maximum Gasteiger partial charge on any atom is 0.322 e. The number of hydrogen-bond donors (Lipinski definition) is 0. The first-order valence-electron chi connectivity index (χ1n) is 12.6. The number of fused-ring (bicyclic) bond motifs is 2. The molecule has 196 valence electrons. The molecular weight excluding hydrogens is 589 g/mol. The van der Waals surface area contributed by atoms with E-state index in [2.05, 4.69) is 24.7 Å². The molecule has 2 fully saturated rings. The van der Waals surface area contributed by atoms with Gasteiger partial charge in [-0.2, -0.15) is 8.14 Å². The molecular formula is C28H31F2IN4O2. The minimum Gasteiger partial charge on any atom is -0.461 e. The lowest BCUT2D eigenvalue weighted by Gasteiger charge is -2.41. The second kappa shape index (κ2) is 11.2. The molecule has 5 rings (SSSR count). The molecule has 6 nitrogen and oxygen atoms in total. The number of rotatable bonds is 6. The van der Waals surface area contributed by atoms with E-state index in [0.29, 0.717) is 25.2 Å². The van der Waals surface area contributed by atoms with Crippen LogP contribution in [0.4, 0.5) is 8.78 Å². The van der Waals surface area contributed by atoms with E-state index in [1.54, 1.807) is 18.2 Å². The van der Waals surface area contributed by atoms with Crippen molar-refractivity contribution in [3.63, 3.8) is 0 Å². The molecule has 1 aliphatic carbocycles. The van der Waals surface area contributed by atoms with Crippen LogP contribution in [0.25, 0.3) is 17.3 Å². The molecule has 3 aliphatic heterocycles. The zero-order valence-electron chi connectivity index (χ0n) is 21.1. The average Bonchev–Trinajstić information content (AvgIpc) is 3.27. The van der Waals surface area contributed by atoms with Gasteiger partial charge in [0.2, 0.25) is 0 Å². The van der Waals surface area contributed by atoms with Gasteiger partial charge in [0.15, 0.2) is 5.83 Å². The van der Waals surface area contributed by atoms with Gasteiger partial charge < -0.3 is 9.47 Å². The predicted octanol–water partition coefficient (Wildman–Crippen LogP) is 6.82. The maximum atomic E-state index is 16.2. The van der Waals surface area contributed by atoms with Crippen LogP contribution >= 0.6 is 21.0 Å². The van der Waals surface area contributed by atoms with E-state index < -0.39 is 33.0 Å². The van der Waals surface area contributed by atoms with Crippen molar-refractivity contribution in [3.05, 3.63) is 62.1 Å². The van der Waals surface area contributed by atoms with E-state index in [-0.39, 0.29) is 23.0 Å². The molecule has 1 aromatic rings. The lowest BCUT2D eigenvalue weighted by molar-refractivity contribution is -0.0675. The van der Waals surface area contributed by atoms with Crippen LogP contribution in [0.3, 0.4) is 0 Å². The number of hydrogen-bond acceptors (Lipinski definition) is 6. The van der Waals surface area contributed by atoms with Gasteiger partial charge in [0.1, 0.15) is 24.2 Å². The summed E-state index contributed by atoms with van der Waals surface area (Å²) in [6.45, 7) is 11.2. The maximum absolute atomic E-state index is 16.2. The minimum atomic E-state index is -1.20. The Labute approximate surface area is 226 Å². The number of alkyl halides is 1. The van der Waals surface area contributed by atoms with Crippen molar-refractivity contribution in [3.8, 4) is 0 Å². The summed E-state index contributed by atoms with van der Waals surface area (Å²) in [5.41, 5.74) is 3.08. The largest absolute Gasteiger partial charge is 0.461 e. The molecule has 2 unspecified atom stereocenters. The number of benzene rings is 1. The van der Waals surface area contributed by atoms with E-state index in [9.17, 15) is 4.39 Å². The quantitative estimate of drug-likeness (QED) is 0.259. The Balaban J connectivity index is 1.49. The van der Waals surface area contributed by atoms with E-state index in [1.807, 2.05) is 26.0 Å². The zero-order chi connectivity index (χ0) is 26.0. The molecule has 4 aliphatic rings. The zero-order valence-corrected chi connectivity index (χ0v) is 23.3. The van der Waals surface area contributed by atoms with Gasteiger partial charge in [-0.1, -0.05) is 31.2 Å². The van der Waals surface area contributed by atoms with Crippen molar-refractivity contribution in [2.75, 3.05) is 32.9 Å². The van der Waals surface area contributed by atoms with Crippen molar-refractivity contribution in [1.29, 1.82) is 0 Å². The van der Waals surface area contributed by atoms with Crippen molar-refractivity contribution in [2.24, 2.45) is 13.1 Å². The molecule has 37 heavy (non-hydrogen) atoms. The van der Waals surface area contributed by atoms with E-state index >= 15 is 4.39 Å². The summed E-state index contributed by atoms with van der Waals surface area (Å²) < 4.78 is 47.7. The van der Waals surface area contributed by atoms with Crippen LogP contribution in [0, 0.1) is 0 Å². The first-order chi connectivity index (χ1) is 18.0. The smallest absolute Gasteiger partial charge is 0.322 e. The van der Waals surface area contributed by atoms with Crippen molar-refractivity contribution >= 4 is 51.1 Å². The topological polar surface area (TPSA) is 58.8 Å². The van der Waals surface area contributed by atoms with Crippen LogP contribution in [0.15, 0.2) is 58.6 Å². The number of ether oxygens (including phenoxy) is 2. The Hall–Kier alpha value is -2.37. The molecule has 0 spiro atoms. The predicted molar refractivity (Wildman–Crippen MR) is 153 cm³/mol. The summed E-state index contributed by atoms with van der Waals surface area (Å²) in [6, 6.07) is 5.73. The highest BCUT2D eigenvalue weighted by Gasteiger charge is 2.44. The molecule has 0 amide bonds. The average molecular weight is 620 g/mol. The summed E-state index contributed by atoms with van der Waals surface area (Å²) in [4.78, 5) is 11.0. The molecule has 0 aromatic heterocycles. The van der Waals surface area contributed by atoms with Gasteiger partial charge in [-0.3, -0.25) is 9.89 Å². The number of aliphatic imine (C=N–C) groups is 2. The molecule has 3 heterocycles. The van der Waals surface area contributed by atoms with Crippen molar-refractivity contribution < 1.29 is 18.3 Å². The number of nitrogens with zero attached hydrogens (tertiary/aromatic N) is 4.